The van der Waals surface area contributed by atoms with E-state index < -0.39 is 6.10 Å². The SMILES string of the molecule is CCCCOc1cccc(C(O)c2cccc(N)c2)c1OCCCC. The molecule has 0 saturated heterocycles. The van der Waals surface area contributed by atoms with Gasteiger partial charge in [0.2, 0.25) is 0 Å². The van der Waals surface area contributed by atoms with E-state index in [2.05, 4.69) is 13.8 Å². The van der Waals surface area contributed by atoms with Crippen molar-refractivity contribution in [1.29, 1.82) is 0 Å². The number of nitrogen functional groups attached to an aromatic ring is 1. The average molecular weight is 343 g/mol. The smallest absolute Gasteiger partial charge is 0.167 e. The third-order valence-corrected chi connectivity index (χ3v) is 4.03. The van der Waals surface area contributed by atoms with Crippen molar-refractivity contribution in [3.05, 3.63) is 53.6 Å². The molecule has 0 aliphatic rings. The second-order valence-corrected chi connectivity index (χ2v) is 6.15. The summed E-state index contributed by atoms with van der Waals surface area (Å²) in [5.74, 6) is 1.31. The first-order valence-corrected chi connectivity index (χ1v) is 9.09. The monoisotopic (exact) mass is 343 g/mol. The minimum absolute atomic E-state index is 0.599. The third kappa shape index (κ3) is 5.40. The van der Waals surface area contributed by atoms with Gasteiger partial charge in [0.15, 0.2) is 11.5 Å². The molecule has 2 rings (SSSR count). The molecule has 1 unspecified atom stereocenters. The van der Waals surface area contributed by atoms with Gasteiger partial charge in [-0.3, -0.25) is 0 Å². The molecule has 0 aliphatic carbocycles. The Hall–Kier alpha value is -2.20. The third-order valence-electron chi connectivity index (χ3n) is 4.03. The summed E-state index contributed by atoms with van der Waals surface area (Å²) in [5.41, 5.74) is 7.93. The first-order valence-electron chi connectivity index (χ1n) is 9.09. The minimum atomic E-state index is -0.810. The summed E-state index contributed by atoms with van der Waals surface area (Å²) < 4.78 is 11.9. The zero-order chi connectivity index (χ0) is 18.1. The number of aliphatic hydroxyl groups excluding tert-OH is 1. The van der Waals surface area contributed by atoms with Crippen molar-refractivity contribution in [2.75, 3.05) is 18.9 Å². The normalized spacial score (nSPS) is 12.0. The lowest BCUT2D eigenvalue weighted by Crippen LogP contribution is -2.08. The molecule has 2 aromatic carbocycles. The van der Waals surface area contributed by atoms with Crippen molar-refractivity contribution >= 4 is 5.69 Å². The van der Waals surface area contributed by atoms with Crippen molar-refractivity contribution in [2.24, 2.45) is 0 Å². The van der Waals surface area contributed by atoms with Crippen molar-refractivity contribution < 1.29 is 14.6 Å². The van der Waals surface area contributed by atoms with Gasteiger partial charge in [-0.1, -0.05) is 51.0 Å². The summed E-state index contributed by atoms with van der Waals surface area (Å²) in [6.45, 7) is 5.48. The maximum atomic E-state index is 10.9. The van der Waals surface area contributed by atoms with Gasteiger partial charge in [-0.05, 0) is 36.6 Å². The largest absolute Gasteiger partial charge is 0.490 e. The summed E-state index contributed by atoms with van der Waals surface area (Å²) in [6.07, 6.45) is 3.24. The molecule has 0 amide bonds. The number of hydrogen-bond donors (Lipinski definition) is 2. The van der Waals surface area contributed by atoms with Crippen molar-refractivity contribution in [3.8, 4) is 11.5 Å². The van der Waals surface area contributed by atoms with Crippen LogP contribution in [0.2, 0.25) is 0 Å². The number of nitrogens with two attached hydrogens (primary N) is 1. The van der Waals surface area contributed by atoms with Crippen LogP contribution in [0.1, 0.15) is 56.8 Å². The molecule has 0 heterocycles. The van der Waals surface area contributed by atoms with Gasteiger partial charge in [0.1, 0.15) is 6.10 Å². The molecular weight excluding hydrogens is 314 g/mol. The molecule has 0 radical (unpaired) electrons. The molecule has 25 heavy (non-hydrogen) atoms. The number of anilines is 1. The second kappa shape index (κ2) is 9.94. The summed E-state index contributed by atoms with van der Waals surface area (Å²) in [5, 5.41) is 10.9. The zero-order valence-electron chi connectivity index (χ0n) is 15.2. The van der Waals surface area contributed by atoms with E-state index in [9.17, 15) is 5.11 Å². The van der Waals surface area contributed by atoms with E-state index in [1.807, 2.05) is 30.3 Å². The van der Waals surface area contributed by atoms with Gasteiger partial charge in [-0.15, -0.1) is 0 Å². The van der Waals surface area contributed by atoms with Crippen LogP contribution >= 0.6 is 0 Å². The van der Waals surface area contributed by atoms with Gasteiger partial charge in [0, 0.05) is 11.3 Å². The van der Waals surface area contributed by atoms with E-state index in [1.54, 1.807) is 12.1 Å². The molecule has 0 saturated carbocycles. The molecule has 3 N–H and O–H groups in total. The van der Waals surface area contributed by atoms with Crippen LogP contribution in [0.15, 0.2) is 42.5 Å². The van der Waals surface area contributed by atoms with Gasteiger partial charge < -0.3 is 20.3 Å². The second-order valence-electron chi connectivity index (χ2n) is 6.15. The predicted octanol–water partition coefficient (Wildman–Crippen LogP) is 4.71. The number of rotatable bonds is 10. The molecular formula is C21H29NO3. The highest BCUT2D eigenvalue weighted by atomic mass is 16.5. The molecule has 4 nitrogen and oxygen atoms in total. The Balaban J connectivity index is 2.32. The first kappa shape index (κ1) is 19.1. The lowest BCUT2D eigenvalue weighted by Gasteiger charge is -2.20. The zero-order valence-corrected chi connectivity index (χ0v) is 15.2. The highest BCUT2D eigenvalue weighted by Crippen LogP contribution is 2.38. The molecule has 0 spiro atoms. The van der Waals surface area contributed by atoms with Crippen LogP contribution in [0.3, 0.4) is 0 Å². The van der Waals surface area contributed by atoms with E-state index in [0.29, 0.717) is 36.0 Å². The van der Waals surface area contributed by atoms with Gasteiger partial charge in [0.05, 0.1) is 13.2 Å². The fourth-order valence-electron chi connectivity index (χ4n) is 2.57. The van der Waals surface area contributed by atoms with Crippen LogP contribution in [0.5, 0.6) is 11.5 Å². The number of unbranched alkanes of at least 4 members (excludes halogenated alkanes) is 2. The fraction of sp³-hybridized carbons (Fsp3) is 0.429. The number of para-hydroxylation sites is 1. The van der Waals surface area contributed by atoms with Gasteiger partial charge in [-0.25, -0.2) is 0 Å². The topological polar surface area (TPSA) is 64.7 Å². The van der Waals surface area contributed by atoms with Crippen molar-refractivity contribution in [1.82, 2.24) is 0 Å². The summed E-state index contributed by atoms with van der Waals surface area (Å²) in [7, 11) is 0. The Morgan fingerprint density at radius 2 is 1.64 bits per heavy atom. The molecule has 1 atom stereocenters. The standard InChI is InChI=1S/C21H29NO3/c1-3-5-13-24-19-12-8-11-18(21(19)25-14-6-4-2)20(23)16-9-7-10-17(22)15-16/h7-12,15,20,23H,3-6,13-14,22H2,1-2H3. The Labute approximate surface area is 150 Å². The van der Waals surface area contributed by atoms with E-state index in [1.165, 1.54) is 0 Å². The highest BCUT2D eigenvalue weighted by molar-refractivity contribution is 5.51. The van der Waals surface area contributed by atoms with E-state index in [-0.39, 0.29) is 0 Å². The van der Waals surface area contributed by atoms with E-state index >= 15 is 0 Å². The summed E-state index contributed by atoms with van der Waals surface area (Å²) in [4.78, 5) is 0. The van der Waals surface area contributed by atoms with Crippen LogP contribution in [0.4, 0.5) is 5.69 Å². The lowest BCUT2D eigenvalue weighted by atomic mass is 10.00. The molecule has 4 heteroatoms. The molecule has 0 bridgehead atoms. The number of benzene rings is 2. The van der Waals surface area contributed by atoms with Gasteiger partial charge in [0.25, 0.3) is 0 Å². The van der Waals surface area contributed by atoms with Crippen LogP contribution in [-0.4, -0.2) is 18.3 Å². The van der Waals surface area contributed by atoms with Crippen LogP contribution in [0.25, 0.3) is 0 Å². The van der Waals surface area contributed by atoms with Crippen LogP contribution in [-0.2, 0) is 0 Å². The Morgan fingerprint density at radius 1 is 0.960 bits per heavy atom. The van der Waals surface area contributed by atoms with E-state index in [0.717, 1.165) is 31.2 Å². The first-order chi connectivity index (χ1) is 12.2. The maximum Gasteiger partial charge on any atom is 0.167 e. The molecule has 2 aromatic rings. The fourth-order valence-corrected chi connectivity index (χ4v) is 2.57. The summed E-state index contributed by atoms with van der Waals surface area (Å²) >= 11 is 0. The van der Waals surface area contributed by atoms with Gasteiger partial charge >= 0.3 is 0 Å². The predicted molar refractivity (Wildman–Crippen MR) is 102 cm³/mol. The van der Waals surface area contributed by atoms with Crippen molar-refractivity contribution in [3.63, 3.8) is 0 Å². The number of ether oxygens (including phenoxy) is 2. The minimum Gasteiger partial charge on any atom is -0.490 e. The van der Waals surface area contributed by atoms with Crippen molar-refractivity contribution in [2.45, 2.75) is 45.6 Å². The Morgan fingerprint density at radius 3 is 2.32 bits per heavy atom. The average Bonchev–Trinajstić information content (AvgIpc) is 2.62. The Bertz CT molecular complexity index is 657. The molecule has 0 aromatic heterocycles. The molecule has 0 aliphatic heterocycles. The molecule has 136 valence electrons. The quantitative estimate of drug-likeness (QED) is 0.484. The molecule has 0 fully saturated rings. The number of aliphatic hydroxyl groups is 1. The van der Waals surface area contributed by atoms with Crippen LogP contribution in [0, 0.1) is 0 Å². The highest BCUT2D eigenvalue weighted by Gasteiger charge is 2.19. The lowest BCUT2D eigenvalue weighted by molar-refractivity contribution is 0.204. The maximum absolute atomic E-state index is 10.9. The number of hydrogen-bond acceptors (Lipinski definition) is 4. The summed E-state index contributed by atoms with van der Waals surface area (Å²) in [6, 6.07) is 13.0. The van der Waals surface area contributed by atoms with Crippen LogP contribution < -0.4 is 15.2 Å². The Kier molecular flexibility index (Phi) is 7.61. The van der Waals surface area contributed by atoms with E-state index in [4.69, 9.17) is 15.2 Å². The van der Waals surface area contributed by atoms with Gasteiger partial charge in [-0.2, -0.15) is 0 Å².